The summed E-state index contributed by atoms with van der Waals surface area (Å²) in [4.78, 5) is 0. The zero-order chi connectivity index (χ0) is 14.4. The smallest absolute Gasteiger partial charge is 0.192 e. The summed E-state index contributed by atoms with van der Waals surface area (Å²) >= 11 is 0. The van der Waals surface area contributed by atoms with E-state index in [-0.39, 0.29) is 23.9 Å². The van der Waals surface area contributed by atoms with E-state index in [2.05, 4.69) is 33.9 Å². The fourth-order valence-corrected chi connectivity index (χ4v) is 3.06. The van der Waals surface area contributed by atoms with Gasteiger partial charge in [-0.2, -0.15) is 0 Å². The van der Waals surface area contributed by atoms with Gasteiger partial charge in [-0.3, -0.25) is 0 Å². The summed E-state index contributed by atoms with van der Waals surface area (Å²) in [5.41, 5.74) is 0. The van der Waals surface area contributed by atoms with E-state index in [9.17, 15) is 5.11 Å². The van der Waals surface area contributed by atoms with Crippen LogP contribution in [0.5, 0.6) is 0 Å². The van der Waals surface area contributed by atoms with Crippen LogP contribution in [0, 0.1) is 0 Å². The lowest BCUT2D eigenvalue weighted by Gasteiger charge is -2.39. The second-order valence-corrected chi connectivity index (χ2v) is 11.5. The Labute approximate surface area is 114 Å². The highest BCUT2D eigenvalue weighted by molar-refractivity contribution is 6.74. The maximum Gasteiger partial charge on any atom is 0.192 e. The van der Waals surface area contributed by atoms with Crippen molar-refractivity contribution < 1.29 is 14.6 Å². The third-order valence-corrected chi connectivity index (χ3v) is 8.40. The van der Waals surface area contributed by atoms with Gasteiger partial charge in [0.15, 0.2) is 8.32 Å². The summed E-state index contributed by atoms with van der Waals surface area (Å²) in [6, 6.07) is 0. The molecular weight excluding hydrogens is 244 g/mol. The number of hydrogen-bond donors (Lipinski definition) is 2. The molecule has 0 bridgehead atoms. The molecule has 0 aromatic heterocycles. The van der Waals surface area contributed by atoms with Crippen LogP contribution in [0.15, 0.2) is 0 Å². The van der Waals surface area contributed by atoms with E-state index in [1.807, 2.05) is 6.92 Å². The van der Waals surface area contributed by atoms with E-state index < -0.39 is 8.32 Å². The molecule has 0 aromatic carbocycles. The van der Waals surface area contributed by atoms with Gasteiger partial charge < -0.3 is 14.6 Å². The van der Waals surface area contributed by atoms with Crippen LogP contribution in [0.4, 0.5) is 0 Å². The van der Waals surface area contributed by atoms with Crippen LogP contribution in [0.3, 0.4) is 0 Å². The molecule has 110 valence electrons. The monoisotopic (exact) mass is 276 g/mol. The van der Waals surface area contributed by atoms with Crippen molar-refractivity contribution in [3.05, 3.63) is 0 Å². The Morgan fingerprint density at radius 2 is 1.67 bits per heavy atom. The Morgan fingerprint density at radius 3 is 2.06 bits per heavy atom. The first kappa shape index (κ1) is 18.1. The van der Waals surface area contributed by atoms with E-state index in [4.69, 9.17) is 9.53 Å². The molecule has 0 aliphatic carbocycles. The second kappa shape index (κ2) is 7.63. The SMILES string of the molecule is C[C@@H](O)CCC[C@@H](CCO)O[Si](C)(C)C(C)(C)C. The molecule has 18 heavy (non-hydrogen) atoms. The molecule has 0 unspecified atom stereocenters. The highest BCUT2D eigenvalue weighted by Gasteiger charge is 2.38. The Hall–Kier alpha value is 0.0969. The first-order chi connectivity index (χ1) is 8.10. The van der Waals surface area contributed by atoms with Crippen molar-refractivity contribution in [2.24, 2.45) is 0 Å². The maximum absolute atomic E-state index is 9.28. The molecule has 4 heteroatoms. The zero-order valence-electron chi connectivity index (χ0n) is 13.0. The number of rotatable bonds is 8. The zero-order valence-corrected chi connectivity index (χ0v) is 14.0. The van der Waals surface area contributed by atoms with E-state index in [0.717, 1.165) is 19.3 Å². The summed E-state index contributed by atoms with van der Waals surface area (Å²) in [6.45, 7) is 13.2. The van der Waals surface area contributed by atoms with Gasteiger partial charge in [0.25, 0.3) is 0 Å². The lowest BCUT2D eigenvalue weighted by atomic mass is 10.1. The largest absolute Gasteiger partial charge is 0.414 e. The minimum Gasteiger partial charge on any atom is -0.414 e. The molecule has 2 N–H and O–H groups in total. The van der Waals surface area contributed by atoms with Crippen LogP contribution in [0.1, 0.15) is 53.4 Å². The normalized spacial score (nSPS) is 16.7. The average Bonchev–Trinajstić information content (AvgIpc) is 2.14. The molecule has 0 heterocycles. The standard InChI is InChI=1S/C14H32O3Si/c1-12(16)8-7-9-13(10-11-15)17-18(5,6)14(2,3)4/h12-13,15-16H,7-11H2,1-6H3/t12-,13+/m1/s1. The Balaban J connectivity index is 4.34. The predicted molar refractivity (Wildman–Crippen MR) is 79.3 cm³/mol. The van der Waals surface area contributed by atoms with Crippen molar-refractivity contribution in [1.82, 2.24) is 0 Å². The number of aliphatic hydroxyl groups is 2. The van der Waals surface area contributed by atoms with Crippen molar-refractivity contribution in [2.75, 3.05) is 6.61 Å². The molecule has 0 spiro atoms. The first-order valence-corrected chi connectivity index (χ1v) is 9.97. The molecule has 2 atom stereocenters. The van der Waals surface area contributed by atoms with Gasteiger partial charge >= 0.3 is 0 Å². The summed E-state index contributed by atoms with van der Waals surface area (Å²) in [7, 11) is -1.76. The molecular formula is C14H32O3Si. The van der Waals surface area contributed by atoms with Gasteiger partial charge in [0.05, 0.1) is 6.10 Å². The van der Waals surface area contributed by atoms with Crippen molar-refractivity contribution in [2.45, 2.75) is 83.7 Å². The van der Waals surface area contributed by atoms with Gasteiger partial charge in [-0.05, 0) is 50.7 Å². The van der Waals surface area contributed by atoms with Crippen LogP contribution in [0.2, 0.25) is 18.1 Å². The Kier molecular flexibility index (Phi) is 7.67. The van der Waals surface area contributed by atoms with Gasteiger partial charge in [0, 0.05) is 12.7 Å². The Morgan fingerprint density at radius 1 is 1.11 bits per heavy atom. The molecule has 0 radical (unpaired) electrons. The number of aliphatic hydroxyl groups excluding tert-OH is 2. The molecule has 3 nitrogen and oxygen atoms in total. The van der Waals surface area contributed by atoms with Crippen molar-refractivity contribution in [3.8, 4) is 0 Å². The van der Waals surface area contributed by atoms with E-state index in [0.29, 0.717) is 6.42 Å². The fraction of sp³-hybridized carbons (Fsp3) is 1.00. The lowest BCUT2D eigenvalue weighted by molar-refractivity contribution is 0.120. The first-order valence-electron chi connectivity index (χ1n) is 7.07. The third-order valence-electron chi connectivity index (χ3n) is 3.87. The van der Waals surface area contributed by atoms with Crippen molar-refractivity contribution in [3.63, 3.8) is 0 Å². The minimum atomic E-state index is -1.76. The average molecular weight is 276 g/mol. The minimum absolute atomic E-state index is 0.134. The van der Waals surface area contributed by atoms with Crippen molar-refractivity contribution >= 4 is 8.32 Å². The lowest BCUT2D eigenvalue weighted by Crippen LogP contribution is -2.44. The molecule has 0 fully saturated rings. The molecule has 0 saturated heterocycles. The van der Waals surface area contributed by atoms with Gasteiger partial charge in [-0.1, -0.05) is 20.8 Å². The molecule has 0 aliphatic heterocycles. The van der Waals surface area contributed by atoms with Crippen molar-refractivity contribution in [1.29, 1.82) is 0 Å². The van der Waals surface area contributed by atoms with Gasteiger partial charge in [0.2, 0.25) is 0 Å². The van der Waals surface area contributed by atoms with Crippen LogP contribution < -0.4 is 0 Å². The highest BCUT2D eigenvalue weighted by Crippen LogP contribution is 2.38. The van der Waals surface area contributed by atoms with Gasteiger partial charge in [-0.25, -0.2) is 0 Å². The molecule has 0 aromatic rings. The fourth-order valence-electron chi connectivity index (χ4n) is 1.64. The van der Waals surface area contributed by atoms with Gasteiger partial charge in [0.1, 0.15) is 0 Å². The van der Waals surface area contributed by atoms with Crippen LogP contribution in [-0.2, 0) is 4.43 Å². The summed E-state index contributed by atoms with van der Waals surface area (Å²) in [5.74, 6) is 0. The molecule has 0 amide bonds. The van der Waals surface area contributed by atoms with Crippen LogP contribution >= 0.6 is 0 Å². The molecule has 0 rings (SSSR count). The van der Waals surface area contributed by atoms with E-state index in [1.165, 1.54) is 0 Å². The quantitative estimate of drug-likeness (QED) is 0.669. The maximum atomic E-state index is 9.28. The predicted octanol–water partition coefficient (Wildman–Crippen LogP) is 3.31. The molecule has 0 aliphatic rings. The topological polar surface area (TPSA) is 49.7 Å². The van der Waals surface area contributed by atoms with Crippen LogP contribution in [-0.4, -0.2) is 37.3 Å². The summed E-state index contributed by atoms with van der Waals surface area (Å²) < 4.78 is 6.32. The summed E-state index contributed by atoms with van der Waals surface area (Å²) in [6.07, 6.45) is 3.28. The number of hydrogen-bond acceptors (Lipinski definition) is 3. The van der Waals surface area contributed by atoms with E-state index >= 15 is 0 Å². The molecule has 0 saturated carbocycles. The second-order valence-electron chi connectivity index (χ2n) is 6.79. The van der Waals surface area contributed by atoms with Crippen LogP contribution in [0.25, 0.3) is 0 Å². The Bertz CT molecular complexity index is 222. The van der Waals surface area contributed by atoms with Gasteiger partial charge in [-0.15, -0.1) is 0 Å². The highest BCUT2D eigenvalue weighted by atomic mass is 28.4. The summed E-state index contributed by atoms with van der Waals surface area (Å²) in [5, 5.41) is 18.6. The third kappa shape index (κ3) is 6.88. The van der Waals surface area contributed by atoms with E-state index in [1.54, 1.807) is 0 Å².